The lowest BCUT2D eigenvalue weighted by Gasteiger charge is -2.27. The highest BCUT2D eigenvalue weighted by atomic mass is 35.5. The third kappa shape index (κ3) is 4.48. The molecule has 4 atom stereocenters. The largest absolute Gasteiger partial charge is 0.465 e. The van der Waals surface area contributed by atoms with Crippen molar-refractivity contribution in [3.63, 3.8) is 0 Å². The fraction of sp³-hybridized carbons (Fsp3) is 0.517. The summed E-state index contributed by atoms with van der Waals surface area (Å²) in [5.41, 5.74) is 2.68. The van der Waals surface area contributed by atoms with Crippen LogP contribution in [-0.2, 0) is 16.6 Å². The molecule has 0 bridgehead atoms. The SMILES string of the molecule is CN(C)C(=O)C1(CNC(=O)O)C2CCN(c3cnc4c(-c5ccc6nn(C)cc6c5Cl)nn(C5CCCCO5)c4n3)CC21. The first-order valence-corrected chi connectivity index (χ1v) is 15.0. The Morgan fingerprint density at radius 2 is 2.05 bits per heavy atom. The normalized spacial score (nSPS) is 25.1. The molecule has 43 heavy (non-hydrogen) atoms. The lowest BCUT2D eigenvalue weighted by molar-refractivity contribution is -0.135. The van der Waals surface area contributed by atoms with E-state index in [-0.39, 0.29) is 30.5 Å². The van der Waals surface area contributed by atoms with E-state index >= 15 is 0 Å². The molecule has 4 unspecified atom stereocenters. The zero-order valence-electron chi connectivity index (χ0n) is 24.3. The number of carbonyl (C=O) groups is 2. The van der Waals surface area contributed by atoms with Crippen molar-refractivity contribution >= 4 is 51.5 Å². The molecule has 4 aromatic rings. The second kappa shape index (κ2) is 10.3. The summed E-state index contributed by atoms with van der Waals surface area (Å²) in [5.74, 6) is 0.763. The second-order valence-electron chi connectivity index (χ2n) is 12.0. The minimum absolute atomic E-state index is 0.00709. The summed E-state index contributed by atoms with van der Waals surface area (Å²) in [6, 6.07) is 3.85. The predicted octanol–water partition coefficient (Wildman–Crippen LogP) is 3.53. The van der Waals surface area contributed by atoms with Gasteiger partial charge in [-0.25, -0.2) is 19.4 Å². The molecule has 0 radical (unpaired) electrons. The van der Waals surface area contributed by atoms with Crippen LogP contribution in [0.1, 0.15) is 31.9 Å². The van der Waals surface area contributed by atoms with E-state index in [1.807, 2.05) is 30.1 Å². The van der Waals surface area contributed by atoms with Crippen molar-refractivity contribution in [2.45, 2.75) is 31.9 Å². The predicted molar refractivity (Wildman–Crippen MR) is 160 cm³/mol. The highest BCUT2D eigenvalue weighted by molar-refractivity contribution is 6.38. The van der Waals surface area contributed by atoms with Gasteiger partial charge in [-0.05, 0) is 49.7 Å². The number of rotatable bonds is 6. The number of ether oxygens (including phenoxy) is 1. The van der Waals surface area contributed by atoms with Gasteiger partial charge in [-0.3, -0.25) is 9.48 Å². The van der Waals surface area contributed by atoms with Crippen molar-refractivity contribution in [2.24, 2.45) is 24.3 Å². The standard InChI is InChI=1S/C29H34ClN9O4/c1-36(2)27(40)29(15-32-28(41)42)18-9-10-38(14-19(18)29)21-12-31-25-24(16-7-8-20-17(23(16)30)13-37(3)34-20)35-39(26(25)33-21)22-6-4-5-11-43-22/h7-8,12-13,18-19,22,32H,4-6,9-11,14-15H2,1-3H3,(H,41,42). The second-order valence-corrected chi connectivity index (χ2v) is 12.4. The Bertz CT molecular complexity index is 1750. The number of piperidine rings is 1. The first kappa shape index (κ1) is 27.8. The molecule has 5 heterocycles. The number of halogens is 1. The van der Waals surface area contributed by atoms with Crippen LogP contribution in [-0.4, -0.2) is 91.9 Å². The van der Waals surface area contributed by atoms with E-state index in [9.17, 15) is 14.7 Å². The fourth-order valence-corrected chi connectivity index (χ4v) is 7.49. The summed E-state index contributed by atoms with van der Waals surface area (Å²) in [6.07, 6.45) is 5.85. The van der Waals surface area contributed by atoms with Gasteiger partial charge in [-0.2, -0.15) is 10.2 Å². The van der Waals surface area contributed by atoms with Crippen LogP contribution in [0.2, 0.25) is 5.02 Å². The van der Waals surface area contributed by atoms with Crippen LogP contribution in [0.25, 0.3) is 33.3 Å². The number of nitrogens with one attached hydrogen (secondary N) is 1. The summed E-state index contributed by atoms with van der Waals surface area (Å²) >= 11 is 6.92. The van der Waals surface area contributed by atoms with Gasteiger partial charge < -0.3 is 25.0 Å². The molecule has 3 aromatic heterocycles. The Kier molecular flexibility index (Phi) is 6.69. The molecule has 1 aromatic carbocycles. The zero-order valence-corrected chi connectivity index (χ0v) is 25.1. The Balaban J connectivity index is 1.26. The summed E-state index contributed by atoms with van der Waals surface area (Å²) in [4.78, 5) is 38.3. The number of anilines is 1. The average Bonchev–Trinajstić information content (AvgIpc) is 3.24. The van der Waals surface area contributed by atoms with Crippen molar-refractivity contribution < 1.29 is 19.4 Å². The zero-order chi connectivity index (χ0) is 30.0. The number of nitrogens with zero attached hydrogens (tertiary/aromatic N) is 8. The summed E-state index contributed by atoms with van der Waals surface area (Å²) in [7, 11) is 5.30. The molecule has 2 N–H and O–H groups in total. The van der Waals surface area contributed by atoms with E-state index < -0.39 is 11.5 Å². The van der Waals surface area contributed by atoms with E-state index in [0.29, 0.717) is 47.4 Å². The molecule has 226 valence electrons. The molecule has 1 saturated carbocycles. The number of fused-ring (bicyclic) bond motifs is 3. The van der Waals surface area contributed by atoms with Crippen LogP contribution in [0.3, 0.4) is 0 Å². The fourth-order valence-electron chi connectivity index (χ4n) is 7.19. The molecule has 7 rings (SSSR count). The van der Waals surface area contributed by atoms with Gasteiger partial charge in [0, 0.05) is 64.5 Å². The topological polar surface area (TPSA) is 144 Å². The number of aromatic nitrogens is 6. The molecule has 2 saturated heterocycles. The molecule has 3 fully saturated rings. The van der Waals surface area contributed by atoms with Crippen LogP contribution in [0, 0.1) is 17.3 Å². The molecule has 0 spiro atoms. The number of carboxylic acid groups (broad SMARTS) is 1. The van der Waals surface area contributed by atoms with Crippen LogP contribution < -0.4 is 10.2 Å². The lowest BCUT2D eigenvalue weighted by atomic mass is 9.99. The van der Waals surface area contributed by atoms with Gasteiger partial charge in [0.1, 0.15) is 17.0 Å². The molecule has 1 aliphatic carbocycles. The van der Waals surface area contributed by atoms with Gasteiger partial charge in [0.05, 0.1) is 22.2 Å². The van der Waals surface area contributed by atoms with Gasteiger partial charge in [0.2, 0.25) is 5.91 Å². The first-order valence-electron chi connectivity index (χ1n) is 14.6. The number of amides is 2. The van der Waals surface area contributed by atoms with Crippen molar-refractivity contribution in [1.82, 2.24) is 39.7 Å². The minimum atomic E-state index is -1.13. The van der Waals surface area contributed by atoms with Crippen LogP contribution >= 0.6 is 11.6 Å². The minimum Gasteiger partial charge on any atom is -0.465 e. The number of benzene rings is 1. The van der Waals surface area contributed by atoms with Crippen molar-refractivity contribution in [1.29, 1.82) is 0 Å². The Labute approximate surface area is 252 Å². The quantitative estimate of drug-likeness (QED) is 0.336. The van der Waals surface area contributed by atoms with Crippen LogP contribution in [0.4, 0.5) is 10.6 Å². The maximum Gasteiger partial charge on any atom is 0.404 e. The lowest BCUT2D eigenvalue weighted by Crippen LogP contribution is -2.42. The average molecular weight is 608 g/mol. The summed E-state index contributed by atoms with van der Waals surface area (Å²) in [5, 5.41) is 22.6. The number of carbonyl (C=O) groups excluding carboxylic acids is 1. The molecule has 2 amide bonds. The van der Waals surface area contributed by atoms with Crippen LogP contribution in [0.15, 0.2) is 24.5 Å². The van der Waals surface area contributed by atoms with Gasteiger partial charge in [0.15, 0.2) is 11.9 Å². The van der Waals surface area contributed by atoms with Gasteiger partial charge >= 0.3 is 6.09 Å². The third-order valence-electron chi connectivity index (χ3n) is 9.30. The highest BCUT2D eigenvalue weighted by Gasteiger charge is 2.70. The molecular formula is C29H34ClN9O4. The number of hydrogen-bond donors (Lipinski definition) is 2. The van der Waals surface area contributed by atoms with Gasteiger partial charge in [-0.15, -0.1) is 0 Å². The molecule has 2 aliphatic heterocycles. The summed E-state index contributed by atoms with van der Waals surface area (Å²) < 4.78 is 9.71. The van der Waals surface area contributed by atoms with E-state index in [0.717, 1.165) is 42.1 Å². The van der Waals surface area contributed by atoms with Crippen molar-refractivity contribution in [3.8, 4) is 11.3 Å². The maximum absolute atomic E-state index is 13.3. The Morgan fingerprint density at radius 3 is 2.79 bits per heavy atom. The Hall–Kier alpha value is -3.97. The molecule has 14 heteroatoms. The molecule has 13 nitrogen and oxygen atoms in total. The van der Waals surface area contributed by atoms with E-state index in [1.165, 1.54) is 0 Å². The monoisotopic (exact) mass is 607 g/mol. The summed E-state index contributed by atoms with van der Waals surface area (Å²) in [6.45, 7) is 2.01. The maximum atomic E-state index is 13.3. The molecular weight excluding hydrogens is 574 g/mol. The van der Waals surface area contributed by atoms with E-state index in [4.69, 9.17) is 31.4 Å². The smallest absolute Gasteiger partial charge is 0.404 e. The van der Waals surface area contributed by atoms with Crippen LogP contribution in [0.5, 0.6) is 0 Å². The van der Waals surface area contributed by atoms with Gasteiger partial charge in [-0.1, -0.05) is 11.6 Å². The first-order chi connectivity index (χ1) is 20.7. The molecule has 3 aliphatic rings. The van der Waals surface area contributed by atoms with Crippen molar-refractivity contribution in [2.75, 3.05) is 45.2 Å². The number of aryl methyl sites for hydroxylation is 1. The number of hydrogen-bond acceptors (Lipinski definition) is 8. The Morgan fingerprint density at radius 1 is 1.21 bits per heavy atom. The van der Waals surface area contributed by atoms with E-state index in [1.54, 1.807) is 29.9 Å². The third-order valence-corrected chi connectivity index (χ3v) is 9.71. The van der Waals surface area contributed by atoms with E-state index in [2.05, 4.69) is 15.3 Å². The van der Waals surface area contributed by atoms with Gasteiger partial charge in [0.25, 0.3) is 0 Å². The highest BCUT2D eigenvalue weighted by Crippen LogP contribution is 2.63. The van der Waals surface area contributed by atoms with Crippen molar-refractivity contribution in [3.05, 3.63) is 29.5 Å².